The van der Waals surface area contributed by atoms with Crippen LogP contribution < -0.4 is 4.80 Å². The molecule has 0 aliphatic heterocycles. The summed E-state index contributed by atoms with van der Waals surface area (Å²) in [5.74, 6) is -0.456. The minimum absolute atomic E-state index is 0.119. The number of hydrogen-bond donors (Lipinski definition) is 0. The Kier molecular flexibility index (Phi) is 4.74. The Bertz CT molecular complexity index is 897. The first kappa shape index (κ1) is 15.7. The lowest BCUT2D eigenvalue weighted by atomic mass is 10.1. The summed E-state index contributed by atoms with van der Waals surface area (Å²) < 4.78 is 2.01. The molecule has 5 heteroatoms. The highest BCUT2D eigenvalue weighted by Crippen LogP contribution is 2.24. The van der Waals surface area contributed by atoms with Crippen molar-refractivity contribution in [2.24, 2.45) is 4.99 Å². The van der Waals surface area contributed by atoms with Crippen LogP contribution in [0.4, 0.5) is 0 Å². The Hall–Kier alpha value is -2.17. The first-order valence-corrected chi connectivity index (χ1v) is 8.57. The number of aryl methyl sites for hydroxylation is 1. The van der Waals surface area contributed by atoms with Gasteiger partial charge in [0.15, 0.2) is 4.80 Å². The van der Waals surface area contributed by atoms with Gasteiger partial charge in [0.2, 0.25) is 0 Å². The molecule has 3 aromatic rings. The fourth-order valence-corrected chi connectivity index (χ4v) is 3.36. The standard InChI is InChI=1S/C18H15ClN2OS/c1-13-7-5-6-10-15(13)21-16(14-8-3-2-4-9-14)12-23-18(21)20-17(22)11-19/h2-10,12H,11H2,1H3. The number of benzene rings is 2. The highest BCUT2D eigenvalue weighted by molar-refractivity contribution is 7.07. The van der Waals surface area contributed by atoms with E-state index >= 15 is 0 Å². The Morgan fingerprint density at radius 3 is 2.52 bits per heavy atom. The maximum atomic E-state index is 11.7. The molecule has 0 unspecified atom stereocenters. The van der Waals surface area contributed by atoms with Crippen LogP contribution in [0.5, 0.6) is 0 Å². The van der Waals surface area contributed by atoms with E-state index in [1.165, 1.54) is 11.3 Å². The molecule has 116 valence electrons. The van der Waals surface area contributed by atoms with E-state index < -0.39 is 0 Å². The lowest BCUT2D eigenvalue weighted by Gasteiger charge is -2.11. The van der Waals surface area contributed by atoms with E-state index in [1.807, 2.05) is 71.5 Å². The van der Waals surface area contributed by atoms with Crippen LogP contribution in [0, 0.1) is 6.92 Å². The highest BCUT2D eigenvalue weighted by atomic mass is 35.5. The molecule has 1 aromatic heterocycles. The topological polar surface area (TPSA) is 34.4 Å². The van der Waals surface area contributed by atoms with Crippen molar-refractivity contribution in [3.63, 3.8) is 0 Å². The molecule has 0 N–H and O–H groups in total. The van der Waals surface area contributed by atoms with Gasteiger partial charge in [0.1, 0.15) is 5.88 Å². The molecule has 23 heavy (non-hydrogen) atoms. The fraction of sp³-hybridized carbons (Fsp3) is 0.111. The van der Waals surface area contributed by atoms with Gasteiger partial charge >= 0.3 is 0 Å². The number of thiazole rings is 1. The molecular weight excluding hydrogens is 328 g/mol. The van der Waals surface area contributed by atoms with Gasteiger partial charge in [-0.1, -0.05) is 48.5 Å². The minimum Gasteiger partial charge on any atom is -0.285 e. The van der Waals surface area contributed by atoms with Gasteiger partial charge in [-0.3, -0.25) is 9.36 Å². The van der Waals surface area contributed by atoms with E-state index in [0.717, 1.165) is 22.5 Å². The molecule has 0 spiro atoms. The molecule has 0 fully saturated rings. The van der Waals surface area contributed by atoms with Gasteiger partial charge in [-0.25, -0.2) is 0 Å². The molecule has 3 rings (SSSR count). The third-order valence-corrected chi connectivity index (χ3v) is 4.52. The molecule has 0 atom stereocenters. The second-order valence-corrected chi connectivity index (χ2v) is 6.13. The SMILES string of the molecule is Cc1ccccc1-n1c(-c2ccccc2)csc1=NC(=O)CCl. The molecule has 0 aliphatic carbocycles. The average Bonchev–Trinajstić information content (AvgIpc) is 2.99. The highest BCUT2D eigenvalue weighted by Gasteiger charge is 2.12. The van der Waals surface area contributed by atoms with Crippen molar-refractivity contribution in [3.05, 3.63) is 70.3 Å². The van der Waals surface area contributed by atoms with E-state index in [1.54, 1.807) is 0 Å². The molecule has 0 saturated carbocycles. The van der Waals surface area contributed by atoms with Gasteiger partial charge in [0, 0.05) is 5.38 Å². The molecular formula is C18H15ClN2OS. The average molecular weight is 343 g/mol. The Morgan fingerprint density at radius 2 is 1.83 bits per heavy atom. The lowest BCUT2D eigenvalue weighted by Crippen LogP contribution is -2.17. The summed E-state index contributed by atoms with van der Waals surface area (Å²) in [5, 5.41) is 2.02. The van der Waals surface area contributed by atoms with Crippen LogP contribution in [0.3, 0.4) is 0 Å². The number of aromatic nitrogens is 1. The van der Waals surface area contributed by atoms with Gasteiger partial charge in [-0.05, 0) is 24.1 Å². The van der Waals surface area contributed by atoms with Crippen LogP contribution >= 0.6 is 22.9 Å². The predicted molar refractivity (Wildman–Crippen MR) is 95.1 cm³/mol. The summed E-state index contributed by atoms with van der Waals surface area (Å²) >= 11 is 7.04. The number of para-hydroxylation sites is 1. The molecule has 0 bridgehead atoms. The Morgan fingerprint density at radius 1 is 1.13 bits per heavy atom. The number of nitrogens with zero attached hydrogens (tertiary/aromatic N) is 2. The summed E-state index contributed by atoms with van der Waals surface area (Å²) in [5.41, 5.74) is 4.20. The maximum Gasteiger partial charge on any atom is 0.263 e. The summed E-state index contributed by atoms with van der Waals surface area (Å²) in [6.07, 6.45) is 0. The number of hydrogen-bond acceptors (Lipinski definition) is 2. The molecule has 3 nitrogen and oxygen atoms in total. The van der Waals surface area contributed by atoms with Crippen LogP contribution in [-0.2, 0) is 4.79 Å². The second-order valence-electron chi connectivity index (χ2n) is 5.03. The molecule has 0 aliphatic rings. The van der Waals surface area contributed by atoms with Crippen molar-refractivity contribution >= 4 is 28.8 Å². The summed E-state index contributed by atoms with van der Waals surface area (Å²) in [4.78, 5) is 16.5. The normalized spacial score (nSPS) is 11.7. The number of halogens is 1. The third-order valence-electron chi connectivity index (χ3n) is 3.47. The second kappa shape index (κ2) is 6.94. The van der Waals surface area contributed by atoms with Crippen molar-refractivity contribution in [1.29, 1.82) is 0 Å². The number of carbonyl (C=O) groups is 1. The first-order chi connectivity index (χ1) is 11.2. The third kappa shape index (κ3) is 3.28. The van der Waals surface area contributed by atoms with Crippen molar-refractivity contribution in [3.8, 4) is 16.9 Å². The van der Waals surface area contributed by atoms with Crippen LogP contribution in [-0.4, -0.2) is 16.4 Å². The molecule has 0 saturated heterocycles. The van der Waals surface area contributed by atoms with Gasteiger partial charge < -0.3 is 0 Å². The maximum absolute atomic E-state index is 11.7. The molecule has 0 radical (unpaired) electrons. The van der Waals surface area contributed by atoms with E-state index in [2.05, 4.69) is 4.99 Å². The Labute approximate surface area is 143 Å². The summed E-state index contributed by atoms with van der Waals surface area (Å²) in [7, 11) is 0. The number of alkyl halides is 1. The van der Waals surface area contributed by atoms with E-state index in [9.17, 15) is 4.79 Å². The van der Waals surface area contributed by atoms with Gasteiger partial charge in [0.25, 0.3) is 5.91 Å². The monoisotopic (exact) mass is 342 g/mol. The first-order valence-electron chi connectivity index (χ1n) is 7.16. The van der Waals surface area contributed by atoms with Gasteiger partial charge in [0.05, 0.1) is 11.4 Å². The van der Waals surface area contributed by atoms with E-state index in [-0.39, 0.29) is 11.8 Å². The largest absolute Gasteiger partial charge is 0.285 e. The van der Waals surface area contributed by atoms with Crippen LogP contribution in [0.15, 0.2) is 65.0 Å². The number of amides is 1. The fourth-order valence-electron chi connectivity index (χ4n) is 2.38. The van der Waals surface area contributed by atoms with Crippen molar-refractivity contribution in [2.75, 3.05) is 5.88 Å². The van der Waals surface area contributed by atoms with Gasteiger partial charge in [-0.15, -0.1) is 22.9 Å². The number of rotatable bonds is 3. The van der Waals surface area contributed by atoms with Crippen molar-refractivity contribution < 1.29 is 4.79 Å². The quantitative estimate of drug-likeness (QED) is 0.657. The Balaban J connectivity index is 2.30. The zero-order valence-electron chi connectivity index (χ0n) is 12.6. The number of carbonyl (C=O) groups excluding carboxylic acids is 1. The smallest absolute Gasteiger partial charge is 0.263 e. The summed E-state index contributed by atoms with van der Waals surface area (Å²) in [6, 6.07) is 18.1. The zero-order chi connectivity index (χ0) is 16.2. The lowest BCUT2D eigenvalue weighted by molar-refractivity contribution is -0.115. The molecule has 1 amide bonds. The molecule has 2 aromatic carbocycles. The predicted octanol–water partition coefficient (Wildman–Crippen LogP) is 4.18. The van der Waals surface area contributed by atoms with Crippen LogP contribution in [0.25, 0.3) is 16.9 Å². The van der Waals surface area contributed by atoms with Crippen molar-refractivity contribution in [2.45, 2.75) is 6.92 Å². The van der Waals surface area contributed by atoms with Crippen LogP contribution in [0.1, 0.15) is 5.56 Å². The van der Waals surface area contributed by atoms with Gasteiger partial charge in [-0.2, -0.15) is 4.99 Å². The van der Waals surface area contributed by atoms with Crippen molar-refractivity contribution in [1.82, 2.24) is 4.57 Å². The van der Waals surface area contributed by atoms with E-state index in [0.29, 0.717) is 4.80 Å². The molecule has 1 heterocycles. The van der Waals surface area contributed by atoms with Crippen LogP contribution in [0.2, 0.25) is 0 Å². The van der Waals surface area contributed by atoms with E-state index in [4.69, 9.17) is 11.6 Å². The zero-order valence-corrected chi connectivity index (χ0v) is 14.1. The summed E-state index contributed by atoms with van der Waals surface area (Å²) in [6.45, 7) is 2.04. The minimum atomic E-state index is -0.338.